The van der Waals surface area contributed by atoms with Gasteiger partial charge in [0.1, 0.15) is 5.75 Å². The van der Waals surface area contributed by atoms with Crippen LogP contribution in [0, 0.1) is 0 Å². The number of hydrogen-bond acceptors (Lipinski definition) is 3. The van der Waals surface area contributed by atoms with E-state index >= 15 is 0 Å². The van der Waals surface area contributed by atoms with E-state index in [1.54, 1.807) is 11.3 Å². The Balaban J connectivity index is 1.67. The standard InChI is InChI=1S/C19H23NO2S/c1-2-3-13-22-16-10-8-15(9-11-16)19(21)20-12-4-6-17(20)18-7-5-14-23-18/h5,7-11,14,17H,2-4,6,12-13H2,1H3. The predicted octanol–water partition coefficient (Wildman–Crippen LogP) is 4.90. The summed E-state index contributed by atoms with van der Waals surface area (Å²) < 4.78 is 5.66. The first-order valence-electron chi connectivity index (χ1n) is 8.37. The van der Waals surface area contributed by atoms with E-state index < -0.39 is 0 Å². The second-order valence-corrected chi connectivity index (χ2v) is 6.88. The van der Waals surface area contributed by atoms with Gasteiger partial charge in [-0.3, -0.25) is 4.79 Å². The maximum Gasteiger partial charge on any atom is 0.254 e. The van der Waals surface area contributed by atoms with Gasteiger partial charge in [0, 0.05) is 17.0 Å². The topological polar surface area (TPSA) is 29.5 Å². The van der Waals surface area contributed by atoms with Crippen LogP contribution >= 0.6 is 11.3 Å². The van der Waals surface area contributed by atoms with E-state index in [-0.39, 0.29) is 11.9 Å². The molecule has 0 N–H and O–H groups in total. The van der Waals surface area contributed by atoms with Crippen molar-refractivity contribution >= 4 is 17.2 Å². The predicted molar refractivity (Wildman–Crippen MR) is 94.2 cm³/mol. The van der Waals surface area contributed by atoms with Crippen LogP contribution in [-0.2, 0) is 0 Å². The number of unbranched alkanes of at least 4 members (excludes halogenated alkanes) is 1. The van der Waals surface area contributed by atoms with Crippen LogP contribution in [0.3, 0.4) is 0 Å². The molecule has 2 aromatic rings. The monoisotopic (exact) mass is 329 g/mol. The number of likely N-dealkylation sites (tertiary alicyclic amines) is 1. The first-order chi connectivity index (χ1) is 11.3. The molecule has 4 heteroatoms. The van der Waals surface area contributed by atoms with Gasteiger partial charge < -0.3 is 9.64 Å². The molecule has 0 spiro atoms. The molecular formula is C19H23NO2S. The summed E-state index contributed by atoms with van der Waals surface area (Å²) >= 11 is 1.74. The normalized spacial score (nSPS) is 17.4. The molecule has 1 fully saturated rings. The smallest absolute Gasteiger partial charge is 0.254 e. The van der Waals surface area contributed by atoms with E-state index in [1.807, 2.05) is 29.2 Å². The summed E-state index contributed by atoms with van der Waals surface area (Å²) in [5, 5.41) is 2.08. The minimum atomic E-state index is 0.126. The zero-order valence-electron chi connectivity index (χ0n) is 13.5. The van der Waals surface area contributed by atoms with Gasteiger partial charge in [0.25, 0.3) is 5.91 Å². The van der Waals surface area contributed by atoms with Crippen molar-refractivity contribution in [1.82, 2.24) is 4.90 Å². The minimum absolute atomic E-state index is 0.126. The van der Waals surface area contributed by atoms with Crippen LogP contribution in [0.2, 0.25) is 0 Å². The lowest BCUT2D eigenvalue weighted by atomic mass is 10.1. The molecule has 1 aliphatic rings. The van der Waals surface area contributed by atoms with Gasteiger partial charge in [-0.25, -0.2) is 0 Å². The molecule has 1 saturated heterocycles. The molecule has 3 nitrogen and oxygen atoms in total. The van der Waals surface area contributed by atoms with Crippen molar-refractivity contribution < 1.29 is 9.53 Å². The van der Waals surface area contributed by atoms with Crippen LogP contribution in [0.5, 0.6) is 5.75 Å². The van der Waals surface area contributed by atoms with E-state index in [0.717, 1.165) is 50.1 Å². The van der Waals surface area contributed by atoms with Gasteiger partial charge in [-0.05, 0) is 55.0 Å². The summed E-state index contributed by atoms with van der Waals surface area (Å²) in [5.74, 6) is 0.965. The Bertz CT molecular complexity index is 621. The minimum Gasteiger partial charge on any atom is -0.494 e. The summed E-state index contributed by atoms with van der Waals surface area (Å²) in [5.41, 5.74) is 0.747. The number of carbonyl (C=O) groups excluding carboxylic acids is 1. The fourth-order valence-corrected chi connectivity index (χ4v) is 3.85. The molecule has 0 saturated carbocycles. The third-order valence-corrected chi connectivity index (χ3v) is 5.23. The highest BCUT2D eigenvalue weighted by molar-refractivity contribution is 7.10. The van der Waals surface area contributed by atoms with Gasteiger partial charge >= 0.3 is 0 Å². The number of hydrogen-bond donors (Lipinski definition) is 0. The summed E-state index contributed by atoms with van der Waals surface area (Å²) in [7, 11) is 0. The fourth-order valence-electron chi connectivity index (χ4n) is 2.98. The van der Waals surface area contributed by atoms with Crippen molar-refractivity contribution in [2.45, 2.75) is 38.6 Å². The molecule has 0 radical (unpaired) electrons. The first kappa shape index (κ1) is 16.1. The Morgan fingerprint density at radius 1 is 1.30 bits per heavy atom. The zero-order chi connectivity index (χ0) is 16.1. The summed E-state index contributed by atoms with van der Waals surface area (Å²) in [6, 6.07) is 12.0. The Hall–Kier alpha value is -1.81. The van der Waals surface area contributed by atoms with Crippen molar-refractivity contribution in [1.29, 1.82) is 0 Å². The Morgan fingerprint density at radius 2 is 2.13 bits per heavy atom. The highest BCUT2D eigenvalue weighted by Gasteiger charge is 2.31. The van der Waals surface area contributed by atoms with Gasteiger partial charge in [0.2, 0.25) is 0 Å². The lowest BCUT2D eigenvalue weighted by molar-refractivity contribution is 0.0738. The number of amides is 1. The molecule has 23 heavy (non-hydrogen) atoms. The first-order valence-corrected chi connectivity index (χ1v) is 9.25. The summed E-state index contributed by atoms with van der Waals surface area (Å²) in [6.07, 6.45) is 4.31. The van der Waals surface area contributed by atoms with Crippen molar-refractivity contribution in [2.24, 2.45) is 0 Å². The van der Waals surface area contributed by atoms with E-state index in [4.69, 9.17) is 4.74 Å². The number of thiophene rings is 1. The second kappa shape index (κ2) is 7.64. The molecule has 3 rings (SSSR count). The number of rotatable bonds is 6. The summed E-state index contributed by atoms with van der Waals surface area (Å²) in [4.78, 5) is 16.1. The average Bonchev–Trinajstić information content (AvgIpc) is 3.26. The fraction of sp³-hybridized carbons (Fsp3) is 0.421. The molecular weight excluding hydrogens is 306 g/mol. The number of benzene rings is 1. The van der Waals surface area contributed by atoms with E-state index in [1.165, 1.54) is 4.88 Å². The van der Waals surface area contributed by atoms with Crippen molar-refractivity contribution in [3.05, 3.63) is 52.2 Å². The highest BCUT2D eigenvalue weighted by atomic mass is 32.1. The lowest BCUT2D eigenvalue weighted by Gasteiger charge is -2.24. The Labute approximate surface area is 141 Å². The molecule has 1 aromatic heterocycles. The Morgan fingerprint density at radius 3 is 2.83 bits per heavy atom. The molecule has 1 aliphatic heterocycles. The molecule has 0 aliphatic carbocycles. The molecule has 1 unspecified atom stereocenters. The van der Waals surface area contributed by atoms with E-state index in [9.17, 15) is 4.79 Å². The molecule has 122 valence electrons. The Kier molecular flexibility index (Phi) is 5.34. The van der Waals surface area contributed by atoms with Gasteiger partial charge in [-0.2, -0.15) is 0 Å². The molecule has 0 bridgehead atoms. The number of carbonyl (C=O) groups is 1. The van der Waals surface area contributed by atoms with Crippen molar-refractivity contribution in [3.8, 4) is 5.75 Å². The SMILES string of the molecule is CCCCOc1ccc(C(=O)N2CCCC2c2cccs2)cc1. The number of nitrogens with zero attached hydrogens (tertiary/aromatic N) is 1. The maximum atomic E-state index is 12.8. The number of ether oxygens (including phenoxy) is 1. The van der Waals surface area contributed by atoms with Gasteiger partial charge in [-0.15, -0.1) is 11.3 Å². The average molecular weight is 329 g/mol. The van der Waals surface area contributed by atoms with Crippen LogP contribution in [0.25, 0.3) is 0 Å². The molecule has 2 heterocycles. The maximum absolute atomic E-state index is 12.8. The van der Waals surface area contributed by atoms with Gasteiger partial charge in [0.05, 0.1) is 12.6 Å². The van der Waals surface area contributed by atoms with Gasteiger partial charge in [-0.1, -0.05) is 19.4 Å². The van der Waals surface area contributed by atoms with Crippen LogP contribution in [-0.4, -0.2) is 24.0 Å². The van der Waals surface area contributed by atoms with Crippen molar-refractivity contribution in [3.63, 3.8) is 0 Å². The molecule has 1 atom stereocenters. The third kappa shape index (κ3) is 3.75. The zero-order valence-corrected chi connectivity index (χ0v) is 14.3. The quantitative estimate of drug-likeness (QED) is 0.705. The van der Waals surface area contributed by atoms with Crippen LogP contribution in [0.4, 0.5) is 0 Å². The second-order valence-electron chi connectivity index (χ2n) is 5.90. The van der Waals surface area contributed by atoms with Gasteiger partial charge in [0.15, 0.2) is 0 Å². The molecule has 1 aromatic carbocycles. The van der Waals surface area contributed by atoms with E-state index in [0.29, 0.717) is 0 Å². The molecule has 1 amide bonds. The van der Waals surface area contributed by atoms with Crippen LogP contribution in [0.1, 0.15) is 53.9 Å². The van der Waals surface area contributed by atoms with Crippen LogP contribution < -0.4 is 4.74 Å². The third-order valence-electron chi connectivity index (χ3n) is 4.25. The van der Waals surface area contributed by atoms with Crippen LogP contribution in [0.15, 0.2) is 41.8 Å². The summed E-state index contributed by atoms with van der Waals surface area (Å²) in [6.45, 7) is 3.72. The largest absolute Gasteiger partial charge is 0.494 e. The highest BCUT2D eigenvalue weighted by Crippen LogP contribution is 2.35. The lowest BCUT2D eigenvalue weighted by Crippen LogP contribution is -2.30. The van der Waals surface area contributed by atoms with E-state index in [2.05, 4.69) is 24.4 Å². The van der Waals surface area contributed by atoms with Crippen molar-refractivity contribution in [2.75, 3.05) is 13.2 Å².